The van der Waals surface area contributed by atoms with E-state index in [2.05, 4.69) is 17.4 Å². The van der Waals surface area contributed by atoms with Crippen LogP contribution in [0.2, 0.25) is 0 Å². The predicted molar refractivity (Wildman–Crippen MR) is 75.5 cm³/mol. The largest absolute Gasteiger partial charge is 0.493 e. The monoisotopic (exact) mass is 262 g/mol. The first kappa shape index (κ1) is 13.9. The molecule has 104 valence electrons. The van der Waals surface area contributed by atoms with E-state index >= 15 is 0 Å². The molecule has 1 atom stereocenters. The van der Waals surface area contributed by atoms with E-state index in [4.69, 9.17) is 4.74 Å². The number of carbonyl (C=O) groups is 1. The highest BCUT2D eigenvalue weighted by molar-refractivity contribution is 5.75. The molecule has 1 aromatic rings. The van der Waals surface area contributed by atoms with Crippen LogP contribution in [0.1, 0.15) is 24.3 Å². The van der Waals surface area contributed by atoms with Crippen molar-refractivity contribution in [2.45, 2.75) is 18.8 Å². The molecule has 4 heteroatoms. The topological polar surface area (TPSA) is 41.6 Å². The zero-order chi connectivity index (χ0) is 13.7. The lowest BCUT2D eigenvalue weighted by Gasteiger charge is -2.26. The Bertz CT molecular complexity index is 432. The van der Waals surface area contributed by atoms with Gasteiger partial charge in [-0.15, -0.1) is 0 Å². The van der Waals surface area contributed by atoms with Crippen molar-refractivity contribution in [3.05, 3.63) is 29.8 Å². The van der Waals surface area contributed by atoms with Crippen LogP contribution in [0, 0.1) is 0 Å². The quantitative estimate of drug-likeness (QED) is 0.820. The van der Waals surface area contributed by atoms with Gasteiger partial charge in [0.1, 0.15) is 5.75 Å². The van der Waals surface area contributed by atoms with Gasteiger partial charge in [0.15, 0.2) is 0 Å². The highest BCUT2D eigenvalue weighted by atomic mass is 16.5. The Morgan fingerprint density at radius 1 is 1.42 bits per heavy atom. The molecule has 0 saturated heterocycles. The van der Waals surface area contributed by atoms with Gasteiger partial charge in [-0.2, -0.15) is 0 Å². The molecule has 0 aromatic heterocycles. The third-order valence-corrected chi connectivity index (χ3v) is 3.49. The van der Waals surface area contributed by atoms with Crippen LogP contribution in [0.3, 0.4) is 0 Å². The van der Waals surface area contributed by atoms with Crippen molar-refractivity contribution in [3.8, 4) is 5.75 Å². The zero-order valence-corrected chi connectivity index (χ0v) is 11.7. The van der Waals surface area contributed by atoms with Crippen molar-refractivity contribution < 1.29 is 9.53 Å². The molecule has 1 aliphatic rings. The number of para-hydroxylation sites is 1. The van der Waals surface area contributed by atoms with E-state index < -0.39 is 0 Å². The molecule has 1 heterocycles. The molecule has 19 heavy (non-hydrogen) atoms. The second-order valence-corrected chi connectivity index (χ2v) is 5.11. The maximum atomic E-state index is 11.5. The SMILES string of the molecule is CN(C)C(=O)CCNCC1CCOc2ccccc21. The average Bonchev–Trinajstić information content (AvgIpc) is 2.43. The summed E-state index contributed by atoms with van der Waals surface area (Å²) < 4.78 is 5.64. The van der Waals surface area contributed by atoms with Crippen molar-refractivity contribution in [3.63, 3.8) is 0 Å². The lowest BCUT2D eigenvalue weighted by Crippen LogP contribution is -2.30. The smallest absolute Gasteiger partial charge is 0.223 e. The first-order chi connectivity index (χ1) is 9.18. The second kappa shape index (κ2) is 6.57. The highest BCUT2D eigenvalue weighted by Gasteiger charge is 2.20. The lowest BCUT2D eigenvalue weighted by molar-refractivity contribution is -0.128. The number of hydrogen-bond acceptors (Lipinski definition) is 3. The molecule has 0 saturated carbocycles. The van der Waals surface area contributed by atoms with Crippen molar-refractivity contribution in [1.82, 2.24) is 10.2 Å². The summed E-state index contributed by atoms with van der Waals surface area (Å²) in [5.74, 6) is 1.66. The summed E-state index contributed by atoms with van der Waals surface area (Å²) >= 11 is 0. The normalized spacial score (nSPS) is 17.5. The summed E-state index contributed by atoms with van der Waals surface area (Å²) in [5.41, 5.74) is 1.28. The van der Waals surface area contributed by atoms with Crippen molar-refractivity contribution in [2.75, 3.05) is 33.8 Å². The Labute approximate surface area is 114 Å². The van der Waals surface area contributed by atoms with Gasteiger partial charge in [0, 0.05) is 39.5 Å². The zero-order valence-electron chi connectivity index (χ0n) is 11.7. The van der Waals surface area contributed by atoms with Gasteiger partial charge in [0.2, 0.25) is 5.91 Å². The Balaban J connectivity index is 1.80. The van der Waals surface area contributed by atoms with Gasteiger partial charge in [-0.3, -0.25) is 4.79 Å². The van der Waals surface area contributed by atoms with Crippen molar-refractivity contribution in [1.29, 1.82) is 0 Å². The molecule has 0 aliphatic carbocycles. The van der Waals surface area contributed by atoms with E-state index in [1.165, 1.54) is 5.56 Å². The van der Waals surface area contributed by atoms with Gasteiger partial charge in [0.25, 0.3) is 0 Å². The van der Waals surface area contributed by atoms with Gasteiger partial charge >= 0.3 is 0 Å². The molecule has 0 bridgehead atoms. The molecule has 4 nitrogen and oxygen atoms in total. The van der Waals surface area contributed by atoms with Gasteiger partial charge in [-0.05, 0) is 18.1 Å². The molecule has 0 fully saturated rings. The van der Waals surface area contributed by atoms with E-state index in [-0.39, 0.29) is 5.91 Å². The Morgan fingerprint density at radius 2 is 2.21 bits per heavy atom. The molecular formula is C15H22N2O2. The van der Waals surface area contributed by atoms with E-state index in [0.717, 1.165) is 31.9 Å². The molecule has 0 radical (unpaired) electrons. The fourth-order valence-electron chi connectivity index (χ4n) is 2.32. The minimum atomic E-state index is 0.167. The van der Waals surface area contributed by atoms with Crippen molar-refractivity contribution in [2.24, 2.45) is 0 Å². The third-order valence-electron chi connectivity index (χ3n) is 3.49. The van der Waals surface area contributed by atoms with E-state index in [0.29, 0.717) is 12.3 Å². The summed E-state index contributed by atoms with van der Waals surface area (Å²) in [6.45, 7) is 2.41. The van der Waals surface area contributed by atoms with Crippen LogP contribution >= 0.6 is 0 Å². The predicted octanol–water partition coefficient (Wildman–Crippen LogP) is 1.62. The third kappa shape index (κ3) is 3.70. The molecule has 1 aromatic carbocycles. The van der Waals surface area contributed by atoms with Crippen molar-refractivity contribution >= 4 is 5.91 Å². The number of nitrogens with zero attached hydrogens (tertiary/aromatic N) is 1. The number of nitrogens with one attached hydrogen (secondary N) is 1. The lowest BCUT2D eigenvalue weighted by atomic mass is 9.93. The standard InChI is InChI=1S/C15H22N2O2/c1-17(2)15(18)7-9-16-11-12-8-10-19-14-6-4-3-5-13(12)14/h3-6,12,16H,7-11H2,1-2H3. The molecule has 1 unspecified atom stereocenters. The minimum Gasteiger partial charge on any atom is -0.493 e. The van der Waals surface area contributed by atoms with Crippen LogP contribution in [-0.4, -0.2) is 44.6 Å². The summed E-state index contributed by atoms with van der Waals surface area (Å²) in [5, 5.41) is 3.38. The fourth-order valence-corrected chi connectivity index (χ4v) is 2.32. The van der Waals surface area contributed by atoms with Crippen LogP contribution < -0.4 is 10.1 Å². The van der Waals surface area contributed by atoms with E-state index in [1.807, 2.05) is 12.1 Å². The minimum absolute atomic E-state index is 0.167. The van der Waals surface area contributed by atoms with Gasteiger partial charge < -0.3 is 15.0 Å². The van der Waals surface area contributed by atoms with Gasteiger partial charge in [-0.25, -0.2) is 0 Å². The molecule has 1 amide bonds. The fraction of sp³-hybridized carbons (Fsp3) is 0.533. The van der Waals surface area contributed by atoms with Crippen LogP contribution in [-0.2, 0) is 4.79 Å². The van der Waals surface area contributed by atoms with Gasteiger partial charge in [-0.1, -0.05) is 18.2 Å². The summed E-state index contributed by atoms with van der Waals surface area (Å²) in [7, 11) is 3.58. The van der Waals surface area contributed by atoms with E-state index in [1.54, 1.807) is 19.0 Å². The number of carbonyl (C=O) groups excluding carboxylic acids is 1. The first-order valence-corrected chi connectivity index (χ1v) is 6.81. The number of hydrogen-bond donors (Lipinski definition) is 1. The molecule has 0 spiro atoms. The number of amides is 1. The van der Waals surface area contributed by atoms with Gasteiger partial charge in [0.05, 0.1) is 6.61 Å². The molecule has 2 rings (SSSR count). The Hall–Kier alpha value is -1.55. The highest BCUT2D eigenvalue weighted by Crippen LogP contribution is 2.32. The average molecular weight is 262 g/mol. The number of ether oxygens (including phenoxy) is 1. The van der Waals surface area contributed by atoms with Crippen LogP contribution in [0.5, 0.6) is 5.75 Å². The summed E-state index contributed by atoms with van der Waals surface area (Å²) in [4.78, 5) is 13.1. The van der Waals surface area contributed by atoms with Crippen LogP contribution in [0.4, 0.5) is 0 Å². The maximum absolute atomic E-state index is 11.5. The Kier molecular flexibility index (Phi) is 4.80. The summed E-state index contributed by atoms with van der Waals surface area (Å²) in [6.07, 6.45) is 1.59. The van der Waals surface area contributed by atoms with Crippen LogP contribution in [0.25, 0.3) is 0 Å². The number of fused-ring (bicyclic) bond motifs is 1. The molecule has 1 N–H and O–H groups in total. The molecular weight excluding hydrogens is 240 g/mol. The summed E-state index contributed by atoms with van der Waals surface area (Å²) in [6, 6.07) is 8.21. The maximum Gasteiger partial charge on any atom is 0.223 e. The number of benzene rings is 1. The Morgan fingerprint density at radius 3 is 3.00 bits per heavy atom. The van der Waals surface area contributed by atoms with E-state index in [9.17, 15) is 4.79 Å². The first-order valence-electron chi connectivity index (χ1n) is 6.81. The second-order valence-electron chi connectivity index (χ2n) is 5.11. The number of rotatable bonds is 5. The van der Waals surface area contributed by atoms with Crippen LogP contribution in [0.15, 0.2) is 24.3 Å². The molecule has 1 aliphatic heterocycles.